The van der Waals surface area contributed by atoms with Crippen LogP contribution in [0.2, 0.25) is 0 Å². The Morgan fingerprint density at radius 2 is 2.08 bits per heavy atom. The third kappa shape index (κ3) is 4.68. The van der Waals surface area contributed by atoms with Gasteiger partial charge in [-0.05, 0) is 59.7 Å². The largest absolute Gasteiger partial charge is 0.497 e. The molecule has 2 aliphatic heterocycles. The van der Waals surface area contributed by atoms with E-state index in [-0.39, 0.29) is 17.6 Å². The van der Waals surface area contributed by atoms with Crippen LogP contribution in [0, 0.1) is 0 Å². The van der Waals surface area contributed by atoms with E-state index in [1.54, 1.807) is 28.8 Å². The highest BCUT2D eigenvalue weighted by molar-refractivity contribution is 5.91. The Morgan fingerprint density at radius 1 is 1.21 bits per heavy atom. The zero-order chi connectivity index (χ0) is 26.1. The number of rotatable bonds is 7. The first kappa shape index (κ1) is 24.3. The van der Waals surface area contributed by atoms with E-state index >= 15 is 0 Å². The number of piperazine rings is 1. The normalized spacial score (nSPS) is 19.2. The second kappa shape index (κ2) is 10.4. The lowest BCUT2D eigenvalue weighted by Gasteiger charge is -2.38. The number of ether oxygens (including phenoxy) is 2. The van der Waals surface area contributed by atoms with Crippen molar-refractivity contribution >= 4 is 16.8 Å². The first-order valence-electron chi connectivity index (χ1n) is 12.8. The molecule has 2 saturated heterocycles. The van der Waals surface area contributed by atoms with E-state index in [4.69, 9.17) is 13.9 Å². The molecule has 4 aromatic rings. The van der Waals surface area contributed by atoms with Crippen molar-refractivity contribution in [3.05, 3.63) is 70.2 Å². The standard InChI is InChI=1S/C26H29N7O5/c1-36-18-6-7-21-17(14-18)15-20(25(34)27-21)23(24-28-29-30-33(24)16-19-4-2-12-37-19)31-8-10-32(11-9-31)26(35)22-5-3-13-38-22/h3,5-7,13-15,19,23H,2,4,8-12,16H2,1H3,(H,27,34)/t19-,23+/m0/s1. The third-order valence-corrected chi connectivity index (χ3v) is 7.28. The van der Waals surface area contributed by atoms with Crippen LogP contribution in [0.5, 0.6) is 5.75 Å². The van der Waals surface area contributed by atoms with Gasteiger partial charge in [-0.25, -0.2) is 4.68 Å². The summed E-state index contributed by atoms with van der Waals surface area (Å²) < 4.78 is 18.3. The number of furan rings is 1. The summed E-state index contributed by atoms with van der Waals surface area (Å²) in [5, 5.41) is 13.5. The molecule has 2 fully saturated rings. The van der Waals surface area contributed by atoms with E-state index in [2.05, 4.69) is 25.4 Å². The number of carbonyl (C=O) groups is 1. The molecule has 0 saturated carbocycles. The van der Waals surface area contributed by atoms with Crippen LogP contribution in [0.15, 0.2) is 51.9 Å². The van der Waals surface area contributed by atoms with Crippen molar-refractivity contribution in [1.29, 1.82) is 0 Å². The van der Waals surface area contributed by atoms with Crippen LogP contribution in [-0.2, 0) is 11.3 Å². The summed E-state index contributed by atoms with van der Waals surface area (Å²) in [4.78, 5) is 33.2. The summed E-state index contributed by atoms with van der Waals surface area (Å²) in [5.41, 5.74) is 1.03. The monoisotopic (exact) mass is 519 g/mol. The van der Waals surface area contributed by atoms with Gasteiger partial charge in [0.1, 0.15) is 11.8 Å². The van der Waals surface area contributed by atoms with Gasteiger partial charge in [0.15, 0.2) is 11.6 Å². The van der Waals surface area contributed by atoms with Crippen molar-refractivity contribution in [2.24, 2.45) is 0 Å². The smallest absolute Gasteiger partial charge is 0.289 e. The van der Waals surface area contributed by atoms with E-state index in [0.717, 1.165) is 24.8 Å². The Balaban J connectivity index is 1.36. The minimum atomic E-state index is -0.522. The van der Waals surface area contributed by atoms with Crippen molar-refractivity contribution in [1.82, 2.24) is 35.0 Å². The van der Waals surface area contributed by atoms with E-state index in [0.29, 0.717) is 61.1 Å². The van der Waals surface area contributed by atoms with Gasteiger partial charge in [0.2, 0.25) is 0 Å². The Bertz CT molecular complexity index is 1470. The molecule has 2 aliphatic rings. The molecule has 0 spiro atoms. The lowest BCUT2D eigenvalue weighted by atomic mass is 10.0. The van der Waals surface area contributed by atoms with Gasteiger partial charge in [0.25, 0.3) is 11.5 Å². The van der Waals surface area contributed by atoms with Crippen LogP contribution in [0.25, 0.3) is 10.9 Å². The molecule has 0 unspecified atom stereocenters. The molecular formula is C26H29N7O5. The number of tetrazole rings is 1. The number of fused-ring (bicyclic) bond motifs is 1. The maximum absolute atomic E-state index is 13.5. The minimum Gasteiger partial charge on any atom is -0.497 e. The molecule has 0 bridgehead atoms. The maximum atomic E-state index is 13.5. The summed E-state index contributed by atoms with van der Waals surface area (Å²) >= 11 is 0. The van der Waals surface area contributed by atoms with Crippen molar-refractivity contribution in [3.63, 3.8) is 0 Å². The number of nitrogens with one attached hydrogen (secondary N) is 1. The molecule has 38 heavy (non-hydrogen) atoms. The Hall–Kier alpha value is -4.03. The summed E-state index contributed by atoms with van der Waals surface area (Å²) in [5.74, 6) is 1.43. The zero-order valence-corrected chi connectivity index (χ0v) is 21.1. The fourth-order valence-corrected chi connectivity index (χ4v) is 5.29. The molecule has 3 aromatic heterocycles. The molecule has 1 aromatic carbocycles. The third-order valence-electron chi connectivity index (χ3n) is 7.28. The van der Waals surface area contributed by atoms with Crippen LogP contribution in [-0.4, -0.2) is 86.9 Å². The van der Waals surface area contributed by atoms with Gasteiger partial charge < -0.3 is 23.8 Å². The van der Waals surface area contributed by atoms with Crippen LogP contribution in [0.1, 0.15) is 40.8 Å². The number of nitrogens with zero attached hydrogens (tertiary/aromatic N) is 6. The number of benzene rings is 1. The molecule has 198 valence electrons. The second-order valence-corrected chi connectivity index (χ2v) is 9.57. The number of H-pyrrole nitrogens is 1. The van der Waals surface area contributed by atoms with Gasteiger partial charge in [-0.1, -0.05) is 0 Å². The molecule has 12 heteroatoms. The van der Waals surface area contributed by atoms with Gasteiger partial charge in [0.05, 0.1) is 26.0 Å². The number of aromatic amines is 1. The number of amides is 1. The highest BCUT2D eigenvalue weighted by atomic mass is 16.5. The Morgan fingerprint density at radius 3 is 2.82 bits per heavy atom. The molecule has 0 aliphatic carbocycles. The molecule has 6 rings (SSSR count). The fourth-order valence-electron chi connectivity index (χ4n) is 5.29. The van der Waals surface area contributed by atoms with Crippen molar-refractivity contribution in [2.75, 3.05) is 39.9 Å². The minimum absolute atomic E-state index is 0.0276. The number of methoxy groups -OCH3 is 1. The first-order chi connectivity index (χ1) is 18.6. The predicted octanol–water partition coefficient (Wildman–Crippen LogP) is 1.84. The average Bonchev–Trinajstić information content (AvgIpc) is 3.74. The lowest BCUT2D eigenvalue weighted by Crippen LogP contribution is -2.50. The van der Waals surface area contributed by atoms with Crippen LogP contribution >= 0.6 is 0 Å². The van der Waals surface area contributed by atoms with Crippen molar-refractivity contribution in [2.45, 2.75) is 31.5 Å². The van der Waals surface area contributed by atoms with Crippen LogP contribution < -0.4 is 10.3 Å². The van der Waals surface area contributed by atoms with Gasteiger partial charge in [-0.15, -0.1) is 5.10 Å². The molecule has 5 heterocycles. The summed E-state index contributed by atoms with van der Waals surface area (Å²) in [6.07, 6.45) is 3.46. The van der Waals surface area contributed by atoms with Crippen molar-refractivity contribution in [3.8, 4) is 5.75 Å². The number of aromatic nitrogens is 5. The predicted molar refractivity (Wildman–Crippen MR) is 136 cm³/mol. The van der Waals surface area contributed by atoms with Gasteiger partial charge in [-0.2, -0.15) is 0 Å². The topological polar surface area (TPSA) is 132 Å². The second-order valence-electron chi connectivity index (χ2n) is 9.57. The quantitative estimate of drug-likeness (QED) is 0.388. The van der Waals surface area contributed by atoms with Crippen LogP contribution in [0.4, 0.5) is 0 Å². The van der Waals surface area contributed by atoms with Gasteiger partial charge in [0, 0.05) is 49.3 Å². The summed E-state index contributed by atoms with van der Waals surface area (Å²) in [6.45, 7) is 3.24. The van der Waals surface area contributed by atoms with Gasteiger partial charge in [-0.3, -0.25) is 14.5 Å². The average molecular weight is 520 g/mol. The number of pyridine rings is 1. The maximum Gasteiger partial charge on any atom is 0.289 e. The van der Waals surface area contributed by atoms with Crippen LogP contribution in [0.3, 0.4) is 0 Å². The number of hydrogen-bond acceptors (Lipinski definition) is 9. The highest BCUT2D eigenvalue weighted by Gasteiger charge is 2.34. The summed E-state index contributed by atoms with van der Waals surface area (Å²) in [7, 11) is 1.61. The number of hydrogen-bond donors (Lipinski definition) is 1. The van der Waals surface area contributed by atoms with Crippen molar-refractivity contribution < 1.29 is 18.7 Å². The van der Waals surface area contributed by atoms with E-state index in [9.17, 15) is 9.59 Å². The molecule has 2 atom stereocenters. The zero-order valence-electron chi connectivity index (χ0n) is 21.1. The Kier molecular flexibility index (Phi) is 6.64. The number of carbonyl (C=O) groups excluding carboxylic acids is 1. The van der Waals surface area contributed by atoms with E-state index in [1.165, 1.54) is 6.26 Å². The molecule has 1 N–H and O–H groups in total. The molecule has 1 amide bonds. The SMILES string of the molecule is COc1ccc2[nH]c(=O)c([C@H](c3nnnn3C[C@@H]3CCCO3)N3CCN(C(=O)c4ccco4)CC3)cc2c1. The van der Waals surface area contributed by atoms with Gasteiger partial charge >= 0.3 is 0 Å². The highest BCUT2D eigenvalue weighted by Crippen LogP contribution is 2.29. The Labute approximate surface area is 218 Å². The lowest BCUT2D eigenvalue weighted by molar-refractivity contribution is 0.0550. The molecule has 12 nitrogen and oxygen atoms in total. The fraction of sp³-hybridized carbons (Fsp3) is 0.423. The van der Waals surface area contributed by atoms with E-state index < -0.39 is 6.04 Å². The molecular weight excluding hydrogens is 490 g/mol. The first-order valence-corrected chi connectivity index (χ1v) is 12.8. The van der Waals surface area contributed by atoms with E-state index in [1.807, 2.05) is 24.3 Å². The molecule has 0 radical (unpaired) electrons. The summed E-state index contributed by atoms with van der Waals surface area (Å²) in [6, 6.07) is 10.3.